The van der Waals surface area contributed by atoms with Crippen molar-refractivity contribution in [2.24, 2.45) is 0 Å². The van der Waals surface area contributed by atoms with Gasteiger partial charge in [-0.25, -0.2) is 8.42 Å². The first-order valence-corrected chi connectivity index (χ1v) is 7.99. The molecule has 0 N–H and O–H groups in total. The Hall–Kier alpha value is -1.01. The zero-order valence-electron chi connectivity index (χ0n) is 10.3. The van der Waals surface area contributed by atoms with E-state index in [9.17, 15) is 13.2 Å². The maximum Gasteiger partial charge on any atom is 0.228 e. The van der Waals surface area contributed by atoms with Crippen molar-refractivity contribution in [3.63, 3.8) is 0 Å². The van der Waals surface area contributed by atoms with Crippen LogP contribution in [-0.2, 0) is 14.6 Å². The molecule has 0 spiro atoms. The molecule has 0 bridgehead atoms. The van der Waals surface area contributed by atoms with Gasteiger partial charge in [-0.15, -0.1) is 0 Å². The van der Waals surface area contributed by atoms with Crippen molar-refractivity contribution in [2.45, 2.75) is 23.5 Å². The van der Waals surface area contributed by atoms with Crippen molar-refractivity contribution < 1.29 is 13.2 Å². The Labute approximate surface area is 112 Å². The van der Waals surface area contributed by atoms with Crippen LogP contribution in [0.25, 0.3) is 0 Å². The number of anilines is 1. The van der Waals surface area contributed by atoms with Gasteiger partial charge in [0.05, 0.1) is 4.90 Å². The number of thiol groups is 1. The van der Waals surface area contributed by atoms with Crippen molar-refractivity contribution in [3.05, 3.63) is 23.8 Å². The van der Waals surface area contributed by atoms with Crippen LogP contribution in [0.2, 0.25) is 0 Å². The highest BCUT2D eigenvalue weighted by Crippen LogP contribution is 2.29. The third kappa shape index (κ3) is 2.54. The number of aryl methyl sites for hydroxylation is 1. The predicted octanol–water partition coefficient (Wildman–Crippen LogP) is 1.43. The lowest BCUT2D eigenvalue weighted by molar-refractivity contribution is -0.117. The fraction of sp³-hybridized carbons (Fsp3) is 0.417. The normalized spacial score (nSPS) is 20.5. The molecule has 1 atom stereocenters. The number of nitrogens with zero attached hydrogens (tertiary/aromatic N) is 1. The number of carbonyl (C=O) groups excluding carboxylic acids is 1. The third-order valence-corrected chi connectivity index (χ3v) is 4.46. The van der Waals surface area contributed by atoms with Crippen LogP contribution < -0.4 is 4.90 Å². The van der Waals surface area contributed by atoms with E-state index in [0.717, 1.165) is 11.8 Å². The molecule has 1 amide bonds. The number of hydrogen-bond donors (Lipinski definition) is 1. The molecule has 0 aromatic heterocycles. The van der Waals surface area contributed by atoms with Crippen LogP contribution in [0.5, 0.6) is 0 Å². The summed E-state index contributed by atoms with van der Waals surface area (Å²) in [6.45, 7) is 2.39. The summed E-state index contributed by atoms with van der Waals surface area (Å²) in [5.74, 6) is -0.0104. The summed E-state index contributed by atoms with van der Waals surface area (Å²) in [5, 5.41) is 0.0128. The minimum absolute atomic E-state index is 0.0104. The van der Waals surface area contributed by atoms with E-state index in [1.807, 2.05) is 6.92 Å². The standard InChI is InChI=1S/C12H15NO3S2/c1-8-3-4-10(18(2,15)16)6-11(8)13-7-9(17)5-12(13)14/h3-4,6,9,17H,5,7H2,1-2H3. The number of benzene rings is 1. The van der Waals surface area contributed by atoms with Crippen molar-refractivity contribution in [1.29, 1.82) is 0 Å². The van der Waals surface area contributed by atoms with E-state index >= 15 is 0 Å². The van der Waals surface area contributed by atoms with Gasteiger partial charge >= 0.3 is 0 Å². The zero-order chi connectivity index (χ0) is 13.5. The number of rotatable bonds is 2. The smallest absolute Gasteiger partial charge is 0.228 e. The molecule has 1 aromatic rings. The Morgan fingerprint density at radius 3 is 2.56 bits per heavy atom. The lowest BCUT2D eigenvalue weighted by Gasteiger charge is -2.19. The number of carbonyl (C=O) groups is 1. The molecule has 1 aliphatic rings. The monoisotopic (exact) mass is 285 g/mol. The Balaban J connectivity index is 2.48. The Kier molecular flexibility index (Phi) is 3.42. The largest absolute Gasteiger partial charge is 0.311 e. The van der Waals surface area contributed by atoms with Crippen LogP contribution in [-0.4, -0.2) is 32.4 Å². The van der Waals surface area contributed by atoms with Gasteiger partial charge in [0.1, 0.15) is 0 Å². The molecule has 18 heavy (non-hydrogen) atoms. The number of amides is 1. The predicted molar refractivity (Wildman–Crippen MR) is 74.0 cm³/mol. The molecule has 6 heteroatoms. The van der Waals surface area contributed by atoms with Gasteiger partial charge in [-0.05, 0) is 24.6 Å². The molecule has 0 saturated carbocycles. The average Bonchev–Trinajstić information content (AvgIpc) is 2.56. The highest BCUT2D eigenvalue weighted by atomic mass is 32.2. The topological polar surface area (TPSA) is 54.5 Å². The molecule has 2 rings (SSSR count). The molecule has 98 valence electrons. The van der Waals surface area contributed by atoms with Crippen molar-refractivity contribution >= 4 is 34.1 Å². The quantitative estimate of drug-likeness (QED) is 0.836. The molecule has 4 nitrogen and oxygen atoms in total. The maximum absolute atomic E-state index is 11.8. The second-order valence-corrected chi connectivity index (χ2v) is 7.33. The Bertz CT molecular complexity index is 595. The van der Waals surface area contributed by atoms with Crippen molar-refractivity contribution in [2.75, 3.05) is 17.7 Å². The van der Waals surface area contributed by atoms with Crippen LogP contribution in [0.1, 0.15) is 12.0 Å². The Morgan fingerprint density at radius 1 is 1.39 bits per heavy atom. The summed E-state index contributed by atoms with van der Waals surface area (Å²) in [6.07, 6.45) is 1.56. The molecular weight excluding hydrogens is 270 g/mol. The van der Waals surface area contributed by atoms with Gasteiger partial charge < -0.3 is 4.90 Å². The third-order valence-electron chi connectivity index (χ3n) is 3.00. The SMILES string of the molecule is Cc1ccc(S(C)(=O)=O)cc1N1CC(S)CC1=O. The number of hydrogen-bond acceptors (Lipinski definition) is 4. The fourth-order valence-corrected chi connectivity index (χ4v) is 2.99. The lowest BCUT2D eigenvalue weighted by Crippen LogP contribution is -2.25. The number of sulfone groups is 1. The van der Waals surface area contributed by atoms with Crippen LogP contribution in [0.15, 0.2) is 23.1 Å². The Morgan fingerprint density at radius 2 is 2.06 bits per heavy atom. The second-order valence-electron chi connectivity index (χ2n) is 4.58. The molecule has 1 heterocycles. The van der Waals surface area contributed by atoms with Gasteiger partial charge in [0.25, 0.3) is 0 Å². The van der Waals surface area contributed by atoms with E-state index in [1.165, 1.54) is 0 Å². The zero-order valence-corrected chi connectivity index (χ0v) is 12.0. The lowest BCUT2D eigenvalue weighted by atomic mass is 10.2. The van der Waals surface area contributed by atoms with E-state index in [2.05, 4.69) is 12.6 Å². The second kappa shape index (κ2) is 4.59. The van der Waals surface area contributed by atoms with Gasteiger partial charge in [-0.2, -0.15) is 12.6 Å². The fourth-order valence-electron chi connectivity index (χ4n) is 2.03. The first kappa shape index (κ1) is 13.4. The molecule has 1 saturated heterocycles. The van der Waals surface area contributed by atoms with Gasteiger partial charge in [-0.3, -0.25) is 4.79 Å². The summed E-state index contributed by atoms with van der Waals surface area (Å²) in [5.41, 5.74) is 1.55. The molecular formula is C12H15NO3S2. The summed E-state index contributed by atoms with van der Waals surface area (Å²) in [4.78, 5) is 13.7. The van der Waals surface area contributed by atoms with Crippen LogP contribution in [0.4, 0.5) is 5.69 Å². The van der Waals surface area contributed by atoms with Crippen LogP contribution >= 0.6 is 12.6 Å². The summed E-state index contributed by atoms with van der Waals surface area (Å²) >= 11 is 4.30. The van der Waals surface area contributed by atoms with E-state index < -0.39 is 9.84 Å². The van der Waals surface area contributed by atoms with Crippen molar-refractivity contribution in [1.82, 2.24) is 0 Å². The van der Waals surface area contributed by atoms with E-state index in [1.54, 1.807) is 23.1 Å². The molecule has 1 fully saturated rings. The van der Waals surface area contributed by atoms with Gasteiger partial charge in [0.2, 0.25) is 5.91 Å². The first-order valence-electron chi connectivity index (χ1n) is 5.58. The average molecular weight is 285 g/mol. The molecule has 1 unspecified atom stereocenters. The summed E-state index contributed by atoms with van der Waals surface area (Å²) < 4.78 is 23.1. The minimum Gasteiger partial charge on any atom is -0.311 e. The van der Waals surface area contributed by atoms with Gasteiger partial charge in [0.15, 0.2) is 9.84 Å². The van der Waals surface area contributed by atoms with E-state index in [0.29, 0.717) is 18.7 Å². The minimum atomic E-state index is -3.26. The highest BCUT2D eigenvalue weighted by Gasteiger charge is 2.29. The summed E-state index contributed by atoms with van der Waals surface area (Å²) in [6, 6.07) is 4.85. The van der Waals surface area contributed by atoms with E-state index in [-0.39, 0.29) is 16.1 Å². The van der Waals surface area contributed by atoms with E-state index in [4.69, 9.17) is 0 Å². The molecule has 1 aromatic carbocycles. The van der Waals surface area contributed by atoms with Gasteiger partial charge in [0, 0.05) is 30.2 Å². The first-order chi connectivity index (χ1) is 8.29. The summed E-state index contributed by atoms with van der Waals surface area (Å²) in [7, 11) is -3.26. The highest BCUT2D eigenvalue weighted by molar-refractivity contribution is 7.90. The van der Waals surface area contributed by atoms with Crippen molar-refractivity contribution in [3.8, 4) is 0 Å². The van der Waals surface area contributed by atoms with Crippen LogP contribution in [0.3, 0.4) is 0 Å². The van der Waals surface area contributed by atoms with Crippen LogP contribution in [0, 0.1) is 6.92 Å². The molecule has 1 aliphatic heterocycles. The van der Waals surface area contributed by atoms with Gasteiger partial charge in [-0.1, -0.05) is 6.07 Å². The maximum atomic E-state index is 11.8. The molecule has 0 aliphatic carbocycles. The molecule has 0 radical (unpaired) electrons.